The van der Waals surface area contributed by atoms with Crippen molar-refractivity contribution >= 4 is 17.7 Å². The summed E-state index contributed by atoms with van der Waals surface area (Å²) in [6, 6.07) is 4.93. The Labute approximate surface area is 175 Å². The fourth-order valence-corrected chi connectivity index (χ4v) is 4.06. The van der Waals surface area contributed by atoms with E-state index < -0.39 is 35.3 Å². The van der Waals surface area contributed by atoms with Crippen molar-refractivity contribution in [1.82, 2.24) is 0 Å². The summed E-state index contributed by atoms with van der Waals surface area (Å²) in [5.74, 6) is -3.60. The molecule has 1 aliphatic carbocycles. The third kappa shape index (κ3) is 4.51. The molecule has 2 N–H and O–H groups in total. The van der Waals surface area contributed by atoms with Crippen LogP contribution in [-0.2, 0) is 19.1 Å². The van der Waals surface area contributed by atoms with Gasteiger partial charge in [0.25, 0.3) is 0 Å². The molecular weight excluding hydrogens is 394 g/mol. The van der Waals surface area contributed by atoms with Gasteiger partial charge in [0.2, 0.25) is 0 Å². The number of benzene rings is 1. The second-order valence-electron chi connectivity index (χ2n) is 7.22. The fraction of sp³-hybridized carbons (Fsp3) is 0.571. The van der Waals surface area contributed by atoms with Crippen LogP contribution < -0.4 is 9.47 Å². The Bertz CT molecular complexity index is 804. The number of carbonyl (C=O) groups excluding carboxylic acids is 2. The number of rotatable bonds is 7. The molecule has 1 aliphatic rings. The van der Waals surface area contributed by atoms with Crippen molar-refractivity contribution in [3.8, 4) is 11.5 Å². The second kappa shape index (κ2) is 9.80. The van der Waals surface area contributed by atoms with Crippen molar-refractivity contribution < 1.29 is 38.9 Å². The number of nitrogens with zero attached hydrogens (tertiary/aromatic N) is 1. The zero-order valence-electron chi connectivity index (χ0n) is 17.9. The minimum Gasteiger partial charge on any atom is -0.493 e. The zero-order valence-corrected chi connectivity index (χ0v) is 17.9. The van der Waals surface area contributed by atoms with E-state index in [-0.39, 0.29) is 25.3 Å². The molecule has 1 aromatic rings. The molecule has 1 aromatic carbocycles. The van der Waals surface area contributed by atoms with Gasteiger partial charge in [0.05, 0.1) is 44.7 Å². The fourth-order valence-electron chi connectivity index (χ4n) is 4.06. The maximum Gasteiger partial charge on any atom is 0.315 e. The lowest BCUT2D eigenvalue weighted by atomic mass is 9.61. The van der Waals surface area contributed by atoms with Crippen LogP contribution in [-0.4, -0.2) is 61.0 Å². The highest BCUT2D eigenvalue weighted by atomic mass is 16.5. The molecule has 0 heterocycles. The lowest BCUT2D eigenvalue weighted by Gasteiger charge is -2.44. The molecule has 9 nitrogen and oxygen atoms in total. The maximum atomic E-state index is 12.9. The van der Waals surface area contributed by atoms with Gasteiger partial charge in [-0.05, 0) is 38.5 Å². The highest BCUT2D eigenvalue weighted by Crippen LogP contribution is 2.48. The number of hydrogen-bond acceptors (Lipinski definition) is 9. The van der Waals surface area contributed by atoms with Crippen LogP contribution in [0, 0.1) is 11.8 Å². The molecule has 1 fully saturated rings. The van der Waals surface area contributed by atoms with Crippen LogP contribution in [0.5, 0.6) is 11.5 Å². The van der Waals surface area contributed by atoms with Gasteiger partial charge in [0.1, 0.15) is 5.92 Å². The van der Waals surface area contributed by atoms with Gasteiger partial charge in [0, 0.05) is 12.3 Å². The Hall–Kier alpha value is -2.81. The van der Waals surface area contributed by atoms with E-state index in [2.05, 4.69) is 5.16 Å². The summed E-state index contributed by atoms with van der Waals surface area (Å²) >= 11 is 0. The number of esters is 2. The van der Waals surface area contributed by atoms with Crippen LogP contribution in [0.1, 0.15) is 38.7 Å². The average Bonchev–Trinajstić information content (AvgIpc) is 2.71. The van der Waals surface area contributed by atoms with Crippen LogP contribution >= 0.6 is 0 Å². The van der Waals surface area contributed by atoms with Crippen LogP contribution in [0.2, 0.25) is 0 Å². The van der Waals surface area contributed by atoms with Crippen molar-refractivity contribution in [1.29, 1.82) is 0 Å². The molecule has 0 unspecified atom stereocenters. The van der Waals surface area contributed by atoms with Gasteiger partial charge in [-0.25, -0.2) is 0 Å². The number of hydrogen-bond donors (Lipinski definition) is 2. The Kier molecular flexibility index (Phi) is 7.66. The number of oxime groups is 1. The lowest BCUT2D eigenvalue weighted by Crippen LogP contribution is -2.55. The van der Waals surface area contributed by atoms with Gasteiger partial charge in [-0.2, -0.15) is 0 Å². The Morgan fingerprint density at radius 2 is 1.70 bits per heavy atom. The molecule has 0 radical (unpaired) electrons. The van der Waals surface area contributed by atoms with E-state index in [4.69, 9.17) is 18.9 Å². The molecule has 0 aromatic heterocycles. The highest BCUT2D eigenvalue weighted by molar-refractivity contribution is 6.05. The standard InChI is InChI=1S/C21H29NO8/c1-6-29-19(23)17-13(22-26)11-21(3,25)18(20(24)30-7-2)16(17)12-8-9-14(27-4)15(10-12)28-5/h8-10,16-18,25-26H,6-7,11H2,1-5H3/b22-13+/t16-,17-,18-,21+/m1/s1. The van der Waals surface area contributed by atoms with Gasteiger partial charge in [-0.1, -0.05) is 11.2 Å². The summed E-state index contributed by atoms with van der Waals surface area (Å²) < 4.78 is 21.0. The molecule has 9 heteroatoms. The largest absolute Gasteiger partial charge is 0.493 e. The zero-order chi connectivity index (χ0) is 22.5. The molecule has 0 aliphatic heterocycles. The molecule has 2 rings (SSSR count). The molecule has 0 saturated heterocycles. The van der Waals surface area contributed by atoms with E-state index in [1.54, 1.807) is 32.0 Å². The van der Waals surface area contributed by atoms with Gasteiger partial charge in [-0.3, -0.25) is 9.59 Å². The van der Waals surface area contributed by atoms with Crippen LogP contribution in [0.3, 0.4) is 0 Å². The lowest BCUT2D eigenvalue weighted by molar-refractivity contribution is -0.163. The van der Waals surface area contributed by atoms with Crippen LogP contribution in [0.25, 0.3) is 0 Å². The molecule has 4 atom stereocenters. The first-order valence-corrected chi connectivity index (χ1v) is 9.74. The summed E-state index contributed by atoms with van der Waals surface area (Å²) in [6.07, 6.45) is -0.194. The predicted molar refractivity (Wildman–Crippen MR) is 107 cm³/mol. The summed E-state index contributed by atoms with van der Waals surface area (Å²) in [6.45, 7) is 4.97. The van der Waals surface area contributed by atoms with Crippen LogP contribution in [0.15, 0.2) is 23.4 Å². The first-order valence-electron chi connectivity index (χ1n) is 9.74. The SMILES string of the molecule is CCOC(=O)[C@@H]1/C(=N/O)C[C@](C)(O)[C@@H](C(=O)OCC)[C@@H]1c1ccc(OC)c(OC)c1. The molecule has 1 saturated carbocycles. The minimum absolute atomic E-state index is 0.0267. The summed E-state index contributed by atoms with van der Waals surface area (Å²) in [5, 5.41) is 24.0. The quantitative estimate of drug-likeness (QED) is 0.388. The molecule has 0 amide bonds. The molecular formula is C21H29NO8. The molecule has 166 valence electrons. The Balaban J connectivity index is 2.73. The first-order chi connectivity index (χ1) is 14.2. The highest BCUT2D eigenvalue weighted by Gasteiger charge is 2.56. The van der Waals surface area contributed by atoms with Crippen molar-refractivity contribution in [3.63, 3.8) is 0 Å². The van der Waals surface area contributed by atoms with E-state index >= 15 is 0 Å². The minimum atomic E-state index is -1.63. The van der Waals surface area contributed by atoms with Crippen molar-refractivity contribution in [2.24, 2.45) is 17.0 Å². The average molecular weight is 423 g/mol. The summed E-state index contributed by atoms with van der Waals surface area (Å²) in [4.78, 5) is 25.8. The molecule has 0 bridgehead atoms. The Morgan fingerprint density at radius 3 is 2.23 bits per heavy atom. The van der Waals surface area contributed by atoms with Crippen molar-refractivity contribution in [2.45, 2.75) is 38.7 Å². The number of aliphatic hydroxyl groups is 1. The number of carbonyl (C=O) groups is 2. The first kappa shape index (κ1) is 23.5. The van der Waals surface area contributed by atoms with Gasteiger partial charge < -0.3 is 29.3 Å². The normalized spacial score (nSPS) is 27.4. The van der Waals surface area contributed by atoms with E-state index in [1.807, 2.05) is 0 Å². The van der Waals surface area contributed by atoms with E-state index in [9.17, 15) is 19.9 Å². The van der Waals surface area contributed by atoms with Gasteiger partial charge in [0.15, 0.2) is 11.5 Å². The van der Waals surface area contributed by atoms with Gasteiger partial charge in [-0.15, -0.1) is 0 Å². The number of ether oxygens (including phenoxy) is 4. The monoisotopic (exact) mass is 423 g/mol. The smallest absolute Gasteiger partial charge is 0.315 e. The third-order valence-electron chi connectivity index (χ3n) is 5.29. The predicted octanol–water partition coefficient (Wildman–Crippen LogP) is 2.13. The van der Waals surface area contributed by atoms with Crippen LogP contribution in [0.4, 0.5) is 0 Å². The topological polar surface area (TPSA) is 124 Å². The maximum absolute atomic E-state index is 12.9. The second-order valence-corrected chi connectivity index (χ2v) is 7.22. The van der Waals surface area contributed by atoms with Gasteiger partial charge >= 0.3 is 11.9 Å². The van der Waals surface area contributed by atoms with E-state index in [0.29, 0.717) is 17.1 Å². The third-order valence-corrected chi connectivity index (χ3v) is 5.29. The summed E-state index contributed by atoms with van der Waals surface area (Å²) in [5.41, 5.74) is -1.10. The van der Waals surface area contributed by atoms with E-state index in [0.717, 1.165) is 0 Å². The molecule has 0 spiro atoms. The van der Waals surface area contributed by atoms with E-state index in [1.165, 1.54) is 21.1 Å². The van der Waals surface area contributed by atoms with Crippen molar-refractivity contribution in [3.05, 3.63) is 23.8 Å². The Morgan fingerprint density at radius 1 is 1.10 bits per heavy atom. The number of methoxy groups -OCH3 is 2. The van der Waals surface area contributed by atoms with Crippen molar-refractivity contribution in [2.75, 3.05) is 27.4 Å². The summed E-state index contributed by atoms with van der Waals surface area (Å²) in [7, 11) is 2.95. The molecule has 30 heavy (non-hydrogen) atoms.